The van der Waals surface area contributed by atoms with Gasteiger partial charge >= 0.3 is 5.97 Å². The van der Waals surface area contributed by atoms with Crippen molar-refractivity contribution in [1.82, 2.24) is 0 Å². The molecule has 0 bridgehead atoms. The molecule has 0 aliphatic heterocycles. The number of hydrogen-bond acceptors (Lipinski definition) is 7. The molecule has 146 valence electrons. The van der Waals surface area contributed by atoms with E-state index in [1.807, 2.05) is 6.07 Å². The summed E-state index contributed by atoms with van der Waals surface area (Å²) in [6.45, 7) is 1.03. The van der Waals surface area contributed by atoms with E-state index in [1.165, 1.54) is 21.1 Å². The second kappa shape index (κ2) is 9.83. The molecule has 1 amide bonds. The highest BCUT2D eigenvalue weighted by Gasteiger charge is 2.18. The van der Waals surface area contributed by atoms with Gasteiger partial charge in [0, 0.05) is 6.07 Å². The monoisotopic (exact) mass is 384 g/mol. The second-order valence-corrected chi connectivity index (χ2v) is 5.62. The summed E-state index contributed by atoms with van der Waals surface area (Å²) < 4.78 is 20.7. The van der Waals surface area contributed by atoms with Crippen molar-refractivity contribution in [3.8, 4) is 23.3 Å². The number of nitriles is 1. The fraction of sp³-hybridized carbons (Fsp3) is 0.250. The number of nitrogens with one attached hydrogen (secondary N) is 1. The lowest BCUT2D eigenvalue weighted by atomic mass is 10.2. The molecular weight excluding hydrogens is 364 g/mol. The van der Waals surface area contributed by atoms with Gasteiger partial charge in [-0.3, -0.25) is 4.79 Å². The summed E-state index contributed by atoms with van der Waals surface area (Å²) in [5.74, 6) is 0.186. The number of carbonyl (C=O) groups is 2. The number of esters is 1. The quantitative estimate of drug-likeness (QED) is 0.697. The van der Waals surface area contributed by atoms with Crippen LogP contribution in [-0.4, -0.2) is 38.8 Å². The van der Waals surface area contributed by atoms with Crippen molar-refractivity contribution >= 4 is 17.6 Å². The Hall–Kier alpha value is -3.73. The number of hydrogen-bond donors (Lipinski definition) is 1. The zero-order chi connectivity index (χ0) is 20.5. The Bertz CT molecular complexity index is 873. The maximum Gasteiger partial charge on any atom is 0.347 e. The molecule has 0 aliphatic rings. The van der Waals surface area contributed by atoms with E-state index in [1.54, 1.807) is 42.5 Å². The van der Waals surface area contributed by atoms with Gasteiger partial charge < -0.3 is 24.3 Å². The first kappa shape index (κ1) is 20.6. The summed E-state index contributed by atoms with van der Waals surface area (Å²) in [6, 6.07) is 13.2. The van der Waals surface area contributed by atoms with Gasteiger partial charge in [-0.25, -0.2) is 4.79 Å². The van der Waals surface area contributed by atoms with Crippen molar-refractivity contribution in [2.24, 2.45) is 0 Å². The highest BCUT2D eigenvalue weighted by molar-refractivity contribution is 5.94. The van der Waals surface area contributed by atoms with Gasteiger partial charge in [-0.2, -0.15) is 5.26 Å². The number of rotatable bonds is 8. The standard InChI is InChI=1S/C20H20N2O6/c1-13(28-15-6-4-14(11-21)5-7-15)20(24)27-12-19(23)22-17-9-8-16(25-2)10-18(17)26-3/h4-10,13H,12H2,1-3H3,(H,22,23)/t13-/m1/s1. The number of methoxy groups -OCH3 is 2. The van der Waals surface area contributed by atoms with Gasteiger partial charge in [0.2, 0.25) is 0 Å². The van der Waals surface area contributed by atoms with Gasteiger partial charge in [0.25, 0.3) is 5.91 Å². The third kappa shape index (κ3) is 5.64. The SMILES string of the molecule is COc1ccc(NC(=O)COC(=O)[C@@H](C)Oc2ccc(C#N)cc2)c(OC)c1. The van der Waals surface area contributed by atoms with Gasteiger partial charge in [-0.1, -0.05) is 0 Å². The van der Waals surface area contributed by atoms with Gasteiger partial charge in [0.05, 0.1) is 31.5 Å². The molecule has 0 aromatic heterocycles. The normalized spacial score (nSPS) is 10.9. The molecule has 8 heteroatoms. The average molecular weight is 384 g/mol. The van der Waals surface area contributed by atoms with E-state index in [4.69, 9.17) is 24.2 Å². The Morgan fingerprint density at radius 1 is 1.07 bits per heavy atom. The predicted octanol–water partition coefficient (Wildman–Crippen LogP) is 2.52. The number of nitrogens with zero attached hydrogens (tertiary/aromatic N) is 1. The van der Waals surface area contributed by atoms with Crippen molar-refractivity contribution in [3.63, 3.8) is 0 Å². The van der Waals surface area contributed by atoms with E-state index in [9.17, 15) is 9.59 Å². The number of benzene rings is 2. The number of ether oxygens (including phenoxy) is 4. The lowest BCUT2D eigenvalue weighted by Crippen LogP contribution is -2.29. The van der Waals surface area contributed by atoms with Gasteiger partial charge in [0.1, 0.15) is 17.2 Å². The van der Waals surface area contributed by atoms with Crippen LogP contribution in [0.3, 0.4) is 0 Å². The molecule has 0 heterocycles. The van der Waals surface area contributed by atoms with Crippen molar-refractivity contribution in [3.05, 3.63) is 48.0 Å². The van der Waals surface area contributed by atoms with Gasteiger partial charge in [-0.05, 0) is 43.3 Å². The Morgan fingerprint density at radius 2 is 1.75 bits per heavy atom. The Balaban J connectivity index is 1.86. The van der Waals surface area contributed by atoms with Crippen LogP contribution in [-0.2, 0) is 14.3 Å². The summed E-state index contributed by atoms with van der Waals surface area (Å²) in [4.78, 5) is 24.1. The van der Waals surface area contributed by atoms with Crippen LogP contribution in [0.1, 0.15) is 12.5 Å². The third-order valence-electron chi connectivity index (χ3n) is 3.66. The van der Waals surface area contributed by atoms with Gasteiger partial charge in [-0.15, -0.1) is 0 Å². The molecule has 1 N–H and O–H groups in total. The molecule has 0 saturated carbocycles. The van der Waals surface area contributed by atoms with Crippen LogP contribution in [0.4, 0.5) is 5.69 Å². The fourth-order valence-corrected chi connectivity index (χ4v) is 2.20. The Kier molecular flexibility index (Phi) is 7.22. The average Bonchev–Trinajstić information content (AvgIpc) is 2.72. The highest BCUT2D eigenvalue weighted by Crippen LogP contribution is 2.28. The first-order valence-electron chi connectivity index (χ1n) is 8.32. The minimum atomic E-state index is -0.920. The minimum Gasteiger partial charge on any atom is -0.497 e. The largest absolute Gasteiger partial charge is 0.497 e. The van der Waals surface area contributed by atoms with Crippen LogP contribution >= 0.6 is 0 Å². The smallest absolute Gasteiger partial charge is 0.347 e. The lowest BCUT2D eigenvalue weighted by molar-refractivity contribution is -0.153. The zero-order valence-electron chi connectivity index (χ0n) is 15.7. The molecule has 0 fully saturated rings. The summed E-state index contributed by atoms with van der Waals surface area (Å²) in [6.07, 6.45) is -0.920. The van der Waals surface area contributed by atoms with Crippen molar-refractivity contribution in [2.45, 2.75) is 13.0 Å². The molecule has 1 atom stereocenters. The molecule has 0 spiro atoms. The van der Waals surface area contributed by atoms with Crippen LogP contribution in [0.25, 0.3) is 0 Å². The van der Waals surface area contributed by atoms with Crippen molar-refractivity contribution in [2.75, 3.05) is 26.1 Å². The molecule has 0 unspecified atom stereocenters. The number of carbonyl (C=O) groups excluding carboxylic acids is 2. The topological polar surface area (TPSA) is 107 Å². The van der Waals surface area contributed by atoms with Gasteiger partial charge in [0.15, 0.2) is 12.7 Å². The van der Waals surface area contributed by atoms with Crippen LogP contribution in [0.15, 0.2) is 42.5 Å². The molecule has 2 aromatic carbocycles. The zero-order valence-corrected chi connectivity index (χ0v) is 15.7. The van der Waals surface area contributed by atoms with E-state index in [-0.39, 0.29) is 0 Å². The van der Waals surface area contributed by atoms with Crippen LogP contribution < -0.4 is 19.5 Å². The summed E-state index contributed by atoms with van der Waals surface area (Å²) in [5, 5.41) is 11.4. The van der Waals surface area contributed by atoms with E-state index in [0.29, 0.717) is 28.5 Å². The van der Waals surface area contributed by atoms with Crippen LogP contribution in [0.2, 0.25) is 0 Å². The summed E-state index contributed by atoms with van der Waals surface area (Å²) >= 11 is 0. The lowest BCUT2D eigenvalue weighted by Gasteiger charge is -2.14. The Labute approximate surface area is 162 Å². The number of amides is 1. The molecule has 2 rings (SSSR count). The second-order valence-electron chi connectivity index (χ2n) is 5.62. The van der Waals surface area contributed by atoms with Crippen LogP contribution in [0, 0.1) is 11.3 Å². The summed E-state index contributed by atoms with van der Waals surface area (Å²) in [7, 11) is 2.99. The highest BCUT2D eigenvalue weighted by atomic mass is 16.6. The van der Waals surface area contributed by atoms with Crippen LogP contribution in [0.5, 0.6) is 17.2 Å². The maximum absolute atomic E-state index is 12.0. The molecular formula is C20H20N2O6. The number of anilines is 1. The molecule has 28 heavy (non-hydrogen) atoms. The Morgan fingerprint density at radius 3 is 2.36 bits per heavy atom. The minimum absolute atomic E-state index is 0.413. The fourth-order valence-electron chi connectivity index (χ4n) is 2.20. The third-order valence-corrected chi connectivity index (χ3v) is 3.66. The van der Waals surface area contributed by atoms with E-state index >= 15 is 0 Å². The van der Waals surface area contributed by atoms with E-state index in [0.717, 1.165) is 0 Å². The molecule has 0 saturated heterocycles. The first-order valence-corrected chi connectivity index (χ1v) is 8.32. The van der Waals surface area contributed by atoms with Crippen molar-refractivity contribution in [1.29, 1.82) is 5.26 Å². The summed E-state index contributed by atoms with van der Waals surface area (Å²) in [5.41, 5.74) is 0.902. The first-order chi connectivity index (χ1) is 13.5. The molecule has 0 aliphatic carbocycles. The maximum atomic E-state index is 12.0. The molecule has 2 aromatic rings. The van der Waals surface area contributed by atoms with E-state index < -0.39 is 24.6 Å². The van der Waals surface area contributed by atoms with Crippen molar-refractivity contribution < 1.29 is 28.5 Å². The molecule has 8 nitrogen and oxygen atoms in total. The predicted molar refractivity (Wildman–Crippen MR) is 100 cm³/mol. The molecule has 0 radical (unpaired) electrons. The van der Waals surface area contributed by atoms with E-state index in [2.05, 4.69) is 5.32 Å².